The molecular weight excluding hydrogens is 306 g/mol. The van der Waals surface area contributed by atoms with Crippen molar-refractivity contribution in [1.82, 2.24) is 9.97 Å². The molecule has 0 fully saturated rings. The predicted molar refractivity (Wildman–Crippen MR) is 87.6 cm³/mol. The Morgan fingerprint density at radius 3 is 2.29 bits per heavy atom. The maximum absolute atomic E-state index is 11.5. The normalized spacial score (nSPS) is 11.4. The van der Waals surface area contributed by atoms with Crippen LogP contribution in [0.4, 0.5) is 0 Å². The first kappa shape index (κ1) is 14.6. The molecule has 0 aliphatic rings. The van der Waals surface area contributed by atoms with Gasteiger partial charge >= 0.3 is 0 Å². The van der Waals surface area contributed by atoms with Crippen LogP contribution in [0, 0.1) is 0 Å². The summed E-state index contributed by atoms with van der Waals surface area (Å²) in [5, 5.41) is 1.62. The molecule has 2 aromatic rings. The molecule has 1 aromatic heterocycles. The van der Waals surface area contributed by atoms with Crippen molar-refractivity contribution in [3.05, 3.63) is 23.8 Å². The van der Waals surface area contributed by atoms with Gasteiger partial charge in [0.2, 0.25) is 5.91 Å². The number of fused-ring (bicyclic) bond motifs is 1. The Balaban J connectivity index is 2.43. The highest BCUT2D eigenvalue weighted by Gasteiger charge is 2.11. The van der Waals surface area contributed by atoms with Crippen molar-refractivity contribution < 1.29 is 6.21 Å². The number of primary amides is 1. The minimum absolute atomic E-state index is 0.383. The minimum Gasteiger partial charge on any atom is -0.366 e. The first-order chi connectivity index (χ1) is 10.7. The van der Waals surface area contributed by atoms with Gasteiger partial charge in [0.15, 0.2) is 1.41 Å². The monoisotopic (exact) mass is 324 g/mol. The molecule has 6 nitrogen and oxygen atoms in total. The summed E-state index contributed by atoms with van der Waals surface area (Å²) in [5.74, 6) is 1.03. The lowest BCUT2D eigenvalue weighted by molar-refractivity contribution is 0.100. The third-order valence-corrected chi connectivity index (χ3v) is 4.70. The Hall–Kier alpha value is -1.35. The van der Waals surface area contributed by atoms with Gasteiger partial charge in [-0.1, -0.05) is 0 Å². The molecule has 0 aliphatic carbocycles. The number of hydrogen-bond donors (Lipinski definition) is 3. The lowest BCUT2D eigenvalue weighted by Gasteiger charge is -2.09. The van der Waals surface area contributed by atoms with E-state index in [2.05, 4.69) is 9.97 Å². The van der Waals surface area contributed by atoms with E-state index in [1.807, 2.05) is 5.73 Å². The summed E-state index contributed by atoms with van der Waals surface area (Å²) in [6.45, 7) is 1.11. The van der Waals surface area contributed by atoms with Gasteiger partial charge in [0.25, 0.3) is 0 Å². The van der Waals surface area contributed by atoms with Crippen LogP contribution < -0.4 is 17.2 Å². The molecule has 0 unspecified atom stereocenters. The fraction of sp³-hybridized carbons (Fsp3) is 0.308. The second kappa shape index (κ2) is 7.60. The Morgan fingerprint density at radius 2 is 1.71 bits per heavy atom. The number of hydrogen-bond acceptors (Lipinski definition) is 7. The third kappa shape index (κ3) is 4.07. The van der Waals surface area contributed by atoms with Crippen molar-refractivity contribution in [2.75, 3.05) is 24.6 Å². The van der Waals surface area contributed by atoms with Crippen LogP contribution in [0.3, 0.4) is 0 Å². The number of nitrogens with zero attached hydrogens (tertiary/aromatic N) is 2. The Morgan fingerprint density at radius 1 is 1.10 bits per heavy atom. The fourth-order valence-electron chi connectivity index (χ4n) is 1.66. The molecule has 0 saturated carbocycles. The summed E-state index contributed by atoms with van der Waals surface area (Å²) < 4.78 is 6.93. The summed E-state index contributed by atoms with van der Waals surface area (Å²) in [4.78, 5) is 20.7. The minimum atomic E-state index is -0.471. The van der Waals surface area contributed by atoms with Crippen molar-refractivity contribution in [2.45, 2.75) is 10.1 Å². The molecule has 112 valence electrons. The van der Waals surface area contributed by atoms with E-state index in [4.69, 9.17) is 12.9 Å². The van der Waals surface area contributed by atoms with Crippen LogP contribution in [-0.2, 0) is 0 Å². The highest BCUT2D eigenvalue weighted by molar-refractivity contribution is 8.02. The van der Waals surface area contributed by atoms with Crippen LogP contribution in [0.25, 0.3) is 11.0 Å². The van der Waals surface area contributed by atoms with Crippen molar-refractivity contribution >= 4 is 40.5 Å². The second-order valence-electron chi connectivity index (χ2n) is 4.14. The first-order valence-corrected chi connectivity index (χ1v) is 8.36. The van der Waals surface area contributed by atoms with Crippen LogP contribution in [0.1, 0.15) is 10.4 Å². The largest absolute Gasteiger partial charge is 0.366 e. The summed E-state index contributed by atoms with van der Waals surface area (Å²) in [7, 11) is 0. The van der Waals surface area contributed by atoms with Gasteiger partial charge in [-0.05, 0) is 18.2 Å². The van der Waals surface area contributed by atoms with Crippen LogP contribution in [0.15, 0.2) is 28.3 Å². The summed E-state index contributed by atoms with van der Waals surface area (Å²) in [5.41, 5.74) is 14.7. The maximum atomic E-state index is 11.5. The number of rotatable bonds is 7. The SMILES string of the molecule is [2H]NC(=O)c1ccc2nc(SCCN)c(SCCN)nc2c1. The number of carbonyl (C=O) groups excluding carboxylic acids is 1. The molecule has 8 heteroatoms. The average molecular weight is 324 g/mol. The highest BCUT2D eigenvalue weighted by atomic mass is 32.2. The number of thioether (sulfide) groups is 2. The van der Waals surface area contributed by atoms with E-state index in [-0.39, 0.29) is 0 Å². The van der Waals surface area contributed by atoms with Crippen molar-refractivity contribution in [3.8, 4) is 0 Å². The molecule has 0 saturated heterocycles. The zero-order chi connectivity index (χ0) is 15.9. The van der Waals surface area contributed by atoms with Gasteiger partial charge in [0.1, 0.15) is 10.1 Å². The molecule has 2 rings (SSSR count). The van der Waals surface area contributed by atoms with E-state index >= 15 is 0 Å². The molecular formula is C13H17N5OS2. The lowest BCUT2D eigenvalue weighted by Crippen LogP contribution is -2.11. The molecule has 1 amide bonds. The van der Waals surface area contributed by atoms with Crippen LogP contribution >= 0.6 is 23.5 Å². The molecule has 1 heterocycles. The zero-order valence-corrected chi connectivity index (χ0v) is 13.0. The zero-order valence-electron chi connectivity index (χ0n) is 12.3. The smallest absolute Gasteiger partial charge is 0.248 e. The Labute approximate surface area is 132 Å². The quantitative estimate of drug-likeness (QED) is 0.645. The van der Waals surface area contributed by atoms with E-state index in [0.717, 1.165) is 21.6 Å². The molecule has 0 bridgehead atoms. The topological polar surface area (TPSA) is 121 Å². The fourth-order valence-corrected chi connectivity index (χ4v) is 3.30. The summed E-state index contributed by atoms with van der Waals surface area (Å²) >= 11 is 3.09. The lowest BCUT2D eigenvalue weighted by atomic mass is 10.2. The van der Waals surface area contributed by atoms with Gasteiger partial charge < -0.3 is 17.2 Å². The van der Waals surface area contributed by atoms with Crippen molar-refractivity contribution in [2.24, 2.45) is 17.2 Å². The van der Waals surface area contributed by atoms with Crippen LogP contribution in [-0.4, -0.2) is 40.5 Å². The van der Waals surface area contributed by atoms with E-state index in [1.165, 1.54) is 11.8 Å². The highest BCUT2D eigenvalue weighted by Crippen LogP contribution is 2.29. The summed E-state index contributed by atoms with van der Waals surface area (Å²) in [6.07, 6.45) is 0. The van der Waals surface area contributed by atoms with Gasteiger partial charge in [-0.25, -0.2) is 9.97 Å². The molecule has 0 aliphatic heterocycles. The number of amides is 1. The number of nitrogens with two attached hydrogens (primary N) is 3. The number of aromatic nitrogens is 2. The van der Waals surface area contributed by atoms with Gasteiger partial charge in [-0.15, -0.1) is 23.5 Å². The van der Waals surface area contributed by atoms with Crippen molar-refractivity contribution in [3.63, 3.8) is 0 Å². The Kier molecular flexibility index (Phi) is 5.28. The first-order valence-electron chi connectivity index (χ1n) is 6.89. The van der Waals surface area contributed by atoms with E-state index in [0.29, 0.717) is 29.7 Å². The van der Waals surface area contributed by atoms with Gasteiger partial charge in [-0.3, -0.25) is 4.79 Å². The van der Waals surface area contributed by atoms with Gasteiger partial charge in [-0.2, -0.15) is 0 Å². The predicted octanol–water partition coefficient (Wildman–Crippen LogP) is 0.830. The molecule has 1 aromatic carbocycles. The molecule has 21 heavy (non-hydrogen) atoms. The average Bonchev–Trinajstić information content (AvgIpc) is 2.56. The number of benzene rings is 1. The van der Waals surface area contributed by atoms with Crippen LogP contribution in [0.5, 0.6) is 0 Å². The maximum Gasteiger partial charge on any atom is 0.248 e. The molecule has 6 N–H and O–H groups in total. The van der Waals surface area contributed by atoms with Crippen LogP contribution in [0.2, 0.25) is 1.41 Å². The van der Waals surface area contributed by atoms with Gasteiger partial charge in [0, 0.05) is 30.2 Å². The molecule has 0 radical (unpaired) electrons. The van der Waals surface area contributed by atoms with E-state index in [1.54, 1.807) is 30.0 Å². The van der Waals surface area contributed by atoms with Crippen molar-refractivity contribution in [1.29, 1.82) is 0 Å². The van der Waals surface area contributed by atoms with E-state index < -0.39 is 5.91 Å². The molecule has 0 atom stereocenters. The molecule has 0 spiro atoms. The summed E-state index contributed by atoms with van der Waals surface area (Å²) in [6, 6.07) is 5.00. The third-order valence-electron chi connectivity index (χ3n) is 2.58. The number of carbonyl (C=O) groups is 1. The standard InChI is InChI=1S/C13H17N5OS2/c14-3-5-20-12-13(21-6-4-15)18-10-7-8(11(16)19)1-2-9(10)17-12/h1-2,7H,3-6,14-15H2,(H2,16,19)/i/hD. The van der Waals surface area contributed by atoms with E-state index in [9.17, 15) is 4.79 Å². The Bertz CT molecular complexity index is 670. The van der Waals surface area contributed by atoms with Gasteiger partial charge in [0.05, 0.1) is 11.0 Å². The second-order valence-corrected chi connectivity index (χ2v) is 6.31.